The summed E-state index contributed by atoms with van der Waals surface area (Å²) in [4.78, 5) is 25.0. The van der Waals surface area contributed by atoms with Gasteiger partial charge in [-0.1, -0.05) is 0 Å². The summed E-state index contributed by atoms with van der Waals surface area (Å²) >= 11 is 0. The number of nitriles is 1. The van der Waals surface area contributed by atoms with Gasteiger partial charge in [-0.25, -0.2) is 13.8 Å². The van der Waals surface area contributed by atoms with E-state index in [0.29, 0.717) is 13.0 Å². The van der Waals surface area contributed by atoms with Crippen LogP contribution >= 0.6 is 0 Å². The van der Waals surface area contributed by atoms with Gasteiger partial charge in [0.25, 0.3) is 5.56 Å². The molecule has 1 atom stereocenters. The largest absolute Gasteiger partial charge is 0.385 e. The summed E-state index contributed by atoms with van der Waals surface area (Å²) in [6.45, 7) is 2.11. The van der Waals surface area contributed by atoms with Crippen molar-refractivity contribution in [2.75, 3.05) is 30.5 Å². The number of aromatic nitrogens is 4. The summed E-state index contributed by atoms with van der Waals surface area (Å²) in [6, 6.07) is 2.90. The van der Waals surface area contributed by atoms with Gasteiger partial charge in [-0.3, -0.25) is 9.36 Å². The van der Waals surface area contributed by atoms with Crippen LogP contribution in [-0.4, -0.2) is 33.2 Å². The number of benzene rings is 1. The van der Waals surface area contributed by atoms with Gasteiger partial charge >= 0.3 is 0 Å². The van der Waals surface area contributed by atoms with Crippen LogP contribution in [-0.2, 0) is 11.3 Å². The highest BCUT2D eigenvalue weighted by molar-refractivity contribution is 5.79. The van der Waals surface area contributed by atoms with E-state index in [1.54, 1.807) is 6.92 Å². The second kappa shape index (κ2) is 8.88. The number of nitrogens with two attached hydrogens (primary N) is 2. The van der Waals surface area contributed by atoms with E-state index in [-0.39, 0.29) is 41.0 Å². The Morgan fingerprint density at radius 1 is 1.26 bits per heavy atom. The lowest BCUT2D eigenvalue weighted by Gasteiger charge is -2.21. The molecule has 12 heteroatoms. The number of nitrogen functional groups attached to an aromatic ring is 2. The molecule has 0 amide bonds. The monoisotopic (exact) mass is 430 g/mol. The molecule has 0 fully saturated rings. The Bertz CT molecular complexity index is 1240. The summed E-state index contributed by atoms with van der Waals surface area (Å²) < 4.78 is 34.9. The molecule has 0 saturated heterocycles. The van der Waals surface area contributed by atoms with Gasteiger partial charge in [0, 0.05) is 20.3 Å². The molecule has 5 N–H and O–H groups in total. The zero-order valence-corrected chi connectivity index (χ0v) is 16.8. The molecular formula is C19H20F2N8O2. The molecule has 10 nitrogen and oxygen atoms in total. The topological polar surface area (TPSA) is 158 Å². The van der Waals surface area contributed by atoms with E-state index in [1.165, 1.54) is 11.7 Å². The first-order valence-corrected chi connectivity index (χ1v) is 9.25. The summed E-state index contributed by atoms with van der Waals surface area (Å²) in [5.74, 6) is -1.86. The van der Waals surface area contributed by atoms with E-state index in [2.05, 4.69) is 20.3 Å². The molecule has 2 heterocycles. The lowest BCUT2D eigenvalue weighted by molar-refractivity contribution is 0.189. The van der Waals surface area contributed by atoms with Crippen molar-refractivity contribution >= 4 is 28.5 Å². The Morgan fingerprint density at radius 3 is 2.65 bits per heavy atom. The number of nitrogens with zero attached hydrogens (tertiary/aromatic N) is 5. The highest BCUT2D eigenvalue weighted by Gasteiger charge is 2.22. The molecule has 1 unspecified atom stereocenters. The summed E-state index contributed by atoms with van der Waals surface area (Å²) in [5.41, 5.74) is 10.2. The van der Waals surface area contributed by atoms with Crippen molar-refractivity contribution in [3.8, 4) is 6.07 Å². The second-order valence-electron chi connectivity index (χ2n) is 6.69. The number of methoxy groups -OCH3 is 1. The van der Waals surface area contributed by atoms with Gasteiger partial charge in [0.15, 0.2) is 5.82 Å². The molecule has 0 aliphatic heterocycles. The van der Waals surface area contributed by atoms with Crippen molar-refractivity contribution < 1.29 is 13.5 Å². The van der Waals surface area contributed by atoms with E-state index in [4.69, 9.17) is 16.2 Å². The molecular weight excluding hydrogens is 410 g/mol. The number of halogens is 2. The standard InChI is InChI=1S/C19H20F2N8O2/c1-9(25-16-10(8-22)15(23)27-19(24)28-16)17-26-14-12(21)5-4-11(20)13(14)18(30)29(17)6-3-7-31-2/h4-5,9H,3,6-7H2,1-2H3,(H5,23,24,25,27,28). The van der Waals surface area contributed by atoms with Gasteiger partial charge in [-0.2, -0.15) is 15.2 Å². The molecule has 3 rings (SSSR count). The molecule has 31 heavy (non-hydrogen) atoms. The van der Waals surface area contributed by atoms with Crippen molar-refractivity contribution in [1.29, 1.82) is 5.26 Å². The number of anilines is 3. The lowest BCUT2D eigenvalue weighted by atomic mass is 10.2. The van der Waals surface area contributed by atoms with Gasteiger partial charge in [0.2, 0.25) is 5.95 Å². The van der Waals surface area contributed by atoms with Crippen molar-refractivity contribution in [1.82, 2.24) is 19.5 Å². The lowest BCUT2D eigenvalue weighted by Crippen LogP contribution is -2.30. The normalized spacial score (nSPS) is 12.0. The van der Waals surface area contributed by atoms with Crippen LogP contribution in [0.15, 0.2) is 16.9 Å². The summed E-state index contributed by atoms with van der Waals surface area (Å²) in [6.07, 6.45) is 0.428. The van der Waals surface area contributed by atoms with E-state index in [0.717, 1.165) is 12.1 Å². The van der Waals surface area contributed by atoms with E-state index in [1.807, 2.05) is 6.07 Å². The number of hydrogen-bond donors (Lipinski definition) is 3. The first-order valence-electron chi connectivity index (χ1n) is 9.25. The maximum absolute atomic E-state index is 14.4. The minimum Gasteiger partial charge on any atom is -0.385 e. The fraction of sp³-hybridized carbons (Fsp3) is 0.316. The van der Waals surface area contributed by atoms with Crippen LogP contribution in [0.25, 0.3) is 10.9 Å². The third-order valence-electron chi connectivity index (χ3n) is 4.58. The molecule has 1 aromatic carbocycles. The Balaban J connectivity index is 2.16. The molecule has 3 aromatic rings. The third-order valence-corrected chi connectivity index (χ3v) is 4.58. The molecule has 0 spiro atoms. The minimum absolute atomic E-state index is 0.0255. The van der Waals surface area contributed by atoms with Crippen molar-refractivity contribution in [2.45, 2.75) is 25.9 Å². The number of fused-ring (bicyclic) bond motifs is 1. The summed E-state index contributed by atoms with van der Waals surface area (Å²) in [5, 5.41) is 11.8. The number of ether oxygens (including phenoxy) is 1. The van der Waals surface area contributed by atoms with Crippen LogP contribution < -0.4 is 22.3 Å². The first kappa shape index (κ1) is 21.8. The quantitative estimate of drug-likeness (QED) is 0.474. The van der Waals surface area contributed by atoms with Gasteiger partial charge < -0.3 is 21.5 Å². The van der Waals surface area contributed by atoms with Crippen molar-refractivity contribution in [3.05, 3.63) is 45.5 Å². The predicted octanol–water partition coefficient (Wildman–Crippen LogP) is 1.71. The van der Waals surface area contributed by atoms with E-state index < -0.39 is 28.6 Å². The second-order valence-corrected chi connectivity index (χ2v) is 6.69. The molecule has 0 aliphatic rings. The number of rotatable bonds is 7. The Kier molecular flexibility index (Phi) is 6.26. The SMILES string of the molecule is COCCCn1c(C(C)Nc2nc(N)nc(N)c2C#N)nc2c(F)ccc(F)c2c1=O. The van der Waals surface area contributed by atoms with Crippen LogP contribution in [0, 0.1) is 23.0 Å². The van der Waals surface area contributed by atoms with Crippen molar-refractivity contribution in [2.24, 2.45) is 0 Å². The van der Waals surface area contributed by atoms with E-state index >= 15 is 0 Å². The predicted molar refractivity (Wildman–Crippen MR) is 110 cm³/mol. The van der Waals surface area contributed by atoms with Crippen molar-refractivity contribution in [3.63, 3.8) is 0 Å². The first-order chi connectivity index (χ1) is 14.8. The Hall–Kier alpha value is -3.85. The van der Waals surface area contributed by atoms with Crippen LogP contribution in [0.3, 0.4) is 0 Å². The molecule has 0 saturated carbocycles. The zero-order valence-electron chi connectivity index (χ0n) is 16.8. The fourth-order valence-electron chi connectivity index (χ4n) is 3.16. The van der Waals surface area contributed by atoms with Gasteiger partial charge in [0.1, 0.15) is 45.8 Å². The van der Waals surface area contributed by atoms with Crippen LogP contribution in [0.2, 0.25) is 0 Å². The number of nitrogens with one attached hydrogen (secondary N) is 1. The molecule has 0 bridgehead atoms. The summed E-state index contributed by atoms with van der Waals surface area (Å²) in [7, 11) is 1.51. The van der Waals surface area contributed by atoms with Crippen LogP contribution in [0.4, 0.5) is 26.4 Å². The smallest absolute Gasteiger partial charge is 0.264 e. The van der Waals surface area contributed by atoms with Gasteiger partial charge in [-0.15, -0.1) is 0 Å². The van der Waals surface area contributed by atoms with Gasteiger partial charge in [0.05, 0.1) is 6.04 Å². The molecule has 162 valence electrons. The molecule has 0 radical (unpaired) electrons. The highest BCUT2D eigenvalue weighted by atomic mass is 19.1. The average molecular weight is 430 g/mol. The molecule has 2 aromatic heterocycles. The average Bonchev–Trinajstić information content (AvgIpc) is 2.71. The Morgan fingerprint density at radius 2 is 1.97 bits per heavy atom. The number of hydrogen-bond acceptors (Lipinski definition) is 9. The van der Waals surface area contributed by atoms with Crippen LogP contribution in [0.1, 0.15) is 30.8 Å². The third kappa shape index (κ3) is 4.22. The van der Waals surface area contributed by atoms with Gasteiger partial charge in [-0.05, 0) is 25.5 Å². The van der Waals surface area contributed by atoms with Crippen LogP contribution in [0.5, 0.6) is 0 Å². The van der Waals surface area contributed by atoms with E-state index in [9.17, 15) is 18.8 Å². The maximum atomic E-state index is 14.4. The highest BCUT2D eigenvalue weighted by Crippen LogP contribution is 2.25. The minimum atomic E-state index is -0.871. The zero-order chi connectivity index (χ0) is 22.7. The molecule has 0 aliphatic carbocycles. The Labute approximate surface area is 175 Å². The fourth-order valence-corrected chi connectivity index (χ4v) is 3.16. The maximum Gasteiger partial charge on any atom is 0.264 e.